The number of halogens is 1. The van der Waals surface area contributed by atoms with Crippen LogP contribution in [0.25, 0.3) is 0 Å². The Kier molecular flexibility index (Phi) is 3.89. The van der Waals surface area contributed by atoms with Gasteiger partial charge in [0, 0.05) is 18.1 Å². The lowest BCUT2D eigenvalue weighted by molar-refractivity contribution is 0.0811. The first kappa shape index (κ1) is 11.5. The minimum Gasteiger partial charge on any atom is -0.337 e. The fourth-order valence-electron chi connectivity index (χ4n) is 1.10. The molecular weight excluding hydrogens is 262 g/mol. The number of carbonyl (C=O) groups is 1. The van der Waals surface area contributed by atoms with E-state index in [1.165, 1.54) is 11.3 Å². The molecule has 4 heteroatoms. The van der Waals surface area contributed by atoms with Crippen LogP contribution >= 0.6 is 27.3 Å². The maximum atomic E-state index is 11.8. The van der Waals surface area contributed by atoms with Crippen LogP contribution in [0.1, 0.15) is 16.6 Å². The second-order valence-electron chi connectivity index (χ2n) is 3.22. The molecule has 0 spiro atoms. The summed E-state index contributed by atoms with van der Waals surface area (Å²) in [6.45, 7) is 6.29. The molecule has 1 heterocycles. The molecule has 1 aromatic rings. The first-order valence-electron chi connectivity index (χ1n) is 4.15. The summed E-state index contributed by atoms with van der Waals surface area (Å²) in [7, 11) is 1.78. The Hall–Kier alpha value is -0.610. The molecule has 0 radical (unpaired) electrons. The normalized spacial score (nSPS) is 9.93. The average molecular weight is 274 g/mol. The Morgan fingerprint density at radius 2 is 2.36 bits per heavy atom. The van der Waals surface area contributed by atoms with Gasteiger partial charge in [0.2, 0.25) is 0 Å². The number of carbonyl (C=O) groups excluding carboxylic acids is 1. The van der Waals surface area contributed by atoms with Gasteiger partial charge in [-0.15, -0.1) is 11.3 Å². The monoisotopic (exact) mass is 273 g/mol. The fraction of sp³-hybridized carbons (Fsp3) is 0.300. The lowest BCUT2D eigenvalue weighted by atomic mass is 10.3. The highest BCUT2D eigenvalue weighted by Crippen LogP contribution is 2.23. The van der Waals surface area contributed by atoms with Crippen molar-refractivity contribution in [1.29, 1.82) is 0 Å². The summed E-state index contributed by atoms with van der Waals surface area (Å²) in [5.74, 6) is 0.0369. The molecule has 2 nitrogen and oxygen atoms in total. The molecule has 0 aromatic carbocycles. The number of amides is 1. The summed E-state index contributed by atoms with van der Waals surface area (Å²) in [5, 5.41) is 1.89. The summed E-state index contributed by atoms with van der Waals surface area (Å²) >= 11 is 4.79. The van der Waals surface area contributed by atoms with Gasteiger partial charge >= 0.3 is 0 Å². The average Bonchev–Trinajstić information content (AvgIpc) is 2.48. The molecule has 0 atom stereocenters. The van der Waals surface area contributed by atoms with Crippen LogP contribution in [-0.2, 0) is 0 Å². The molecule has 14 heavy (non-hydrogen) atoms. The standard InChI is InChI=1S/C10H12BrNOS/c1-7(2)6-12(3)10(13)9-8(11)4-5-14-9/h4-5H,1,6H2,2-3H3. The third-order valence-electron chi connectivity index (χ3n) is 1.67. The number of hydrogen-bond acceptors (Lipinski definition) is 2. The molecule has 0 aliphatic carbocycles. The number of rotatable bonds is 3. The van der Waals surface area contributed by atoms with Gasteiger partial charge in [0.1, 0.15) is 4.88 Å². The smallest absolute Gasteiger partial charge is 0.265 e. The molecule has 0 aliphatic rings. The lowest BCUT2D eigenvalue weighted by Crippen LogP contribution is -2.27. The van der Waals surface area contributed by atoms with Crippen LogP contribution in [0.3, 0.4) is 0 Å². The van der Waals surface area contributed by atoms with Crippen molar-refractivity contribution in [2.45, 2.75) is 6.92 Å². The number of thiophene rings is 1. The highest BCUT2D eigenvalue weighted by atomic mass is 79.9. The zero-order valence-electron chi connectivity index (χ0n) is 8.21. The van der Waals surface area contributed by atoms with Gasteiger partial charge in [-0.25, -0.2) is 0 Å². The minimum atomic E-state index is 0.0369. The molecule has 0 saturated carbocycles. The zero-order chi connectivity index (χ0) is 10.7. The quantitative estimate of drug-likeness (QED) is 0.775. The second-order valence-corrected chi connectivity index (χ2v) is 4.99. The Morgan fingerprint density at radius 1 is 1.71 bits per heavy atom. The molecule has 1 rings (SSSR count). The minimum absolute atomic E-state index is 0.0369. The van der Waals surface area contributed by atoms with Gasteiger partial charge in [-0.3, -0.25) is 4.79 Å². The summed E-state index contributed by atoms with van der Waals surface area (Å²) in [5.41, 5.74) is 0.980. The summed E-state index contributed by atoms with van der Waals surface area (Å²) < 4.78 is 0.862. The number of nitrogens with zero attached hydrogens (tertiary/aromatic N) is 1. The highest BCUT2D eigenvalue weighted by Gasteiger charge is 2.15. The maximum absolute atomic E-state index is 11.8. The number of likely N-dealkylation sites (N-methyl/N-ethyl adjacent to an activating group) is 1. The Bertz CT molecular complexity index is 359. The van der Waals surface area contributed by atoms with Gasteiger partial charge in [-0.1, -0.05) is 12.2 Å². The van der Waals surface area contributed by atoms with Crippen LogP contribution in [0.5, 0.6) is 0 Å². The molecule has 0 fully saturated rings. The van der Waals surface area contributed by atoms with Crippen LogP contribution in [0.4, 0.5) is 0 Å². The van der Waals surface area contributed by atoms with Gasteiger partial charge in [0.15, 0.2) is 0 Å². The van der Waals surface area contributed by atoms with E-state index in [1.54, 1.807) is 11.9 Å². The summed E-state index contributed by atoms with van der Waals surface area (Å²) in [6.07, 6.45) is 0. The fourth-order valence-corrected chi connectivity index (χ4v) is 2.63. The van der Waals surface area contributed by atoms with Crippen LogP contribution in [-0.4, -0.2) is 24.4 Å². The molecular formula is C10H12BrNOS. The van der Waals surface area contributed by atoms with E-state index in [9.17, 15) is 4.79 Å². The topological polar surface area (TPSA) is 20.3 Å². The molecule has 1 aromatic heterocycles. The van der Waals surface area contributed by atoms with Gasteiger partial charge in [-0.05, 0) is 34.3 Å². The zero-order valence-corrected chi connectivity index (χ0v) is 10.6. The maximum Gasteiger partial charge on any atom is 0.265 e. The van der Waals surface area contributed by atoms with Crippen LogP contribution in [0.15, 0.2) is 28.1 Å². The Labute approximate surface area is 96.4 Å². The lowest BCUT2D eigenvalue weighted by Gasteiger charge is -2.16. The highest BCUT2D eigenvalue weighted by molar-refractivity contribution is 9.10. The van der Waals surface area contributed by atoms with E-state index in [1.807, 2.05) is 18.4 Å². The summed E-state index contributed by atoms with van der Waals surface area (Å²) in [6, 6.07) is 1.88. The van der Waals surface area contributed by atoms with Gasteiger partial charge in [0.25, 0.3) is 5.91 Å². The van der Waals surface area contributed by atoms with Crippen molar-refractivity contribution in [2.24, 2.45) is 0 Å². The van der Waals surface area contributed by atoms with Crippen molar-refractivity contribution < 1.29 is 4.79 Å². The third kappa shape index (κ3) is 2.69. The van der Waals surface area contributed by atoms with Crippen LogP contribution < -0.4 is 0 Å². The van der Waals surface area contributed by atoms with Crippen LogP contribution in [0.2, 0.25) is 0 Å². The van der Waals surface area contributed by atoms with Crippen molar-refractivity contribution in [2.75, 3.05) is 13.6 Å². The number of hydrogen-bond donors (Lipinski definition) is 0. The second kappa shape index (κ2) is 4.75. The van der Waals surface area contributed by atoms with Crippen LogP contribution in [0, 0.1) is 0 Å². The molecule has 0 saturated heterocycles. The van der Waals surface area contributed by atoms with Gasteiger partial charge < -0.3 is 4.90 Å². The van der Waals surface area contributed by atoms with Crippen molar-refractivity contribution >= 4 is 33.2 Å². The van der Waals surface area contributed by atoms with Crippen molar-refractivity contribution in [3.8, 4) is 0 Å². The molecule has 0 unspecified atom stereocenters. The van der Waals surface area contributed by atoms with Gasteiger partial charge in [0.05, 0.1) is 0 Å². The van der Waals surface area contributed by atoms with E-state index >= 15 is 0 Å². The molecule has 76 valence electrons. The first-order chi connectivity index (χ1) is 6.52. The Morgan fingerprint density at radius 3 is 2.79 bits per heavy atom. The summed E-state index contributed by atoms with van der Waals surface area (Å²) in [4.78, 5) is 14.2. The largest absolute Gasteiger partial charge is 0.337 e. The van der Waals surface area contributed by atoms with E-state index in [2.05, 4.69) is 22.5 Å². The van der Waals surface area contributed by atoms with E-state index in [0.717, 1.165) is 14.9 Å². The van der Waals surface area contributed by atoms with E-state index < -0.39 is 0 Å². The predicted molar refractivity (Wildman–Crippen MR) is 63.8 cm³/mol. The Balaban J connectivity index is 2.76. The van der Waals surface area contributed by atoms with Crippen molar-refractivity contribution in [3.05, 3.63) is 32.9 Å². The van der Waals surface area contributed by atoms with Crippen molar-refractivity contribution in [3.63, 3.8) is 0 Å². The van der Waals surface area contributed by atoms with E-state index in [-0.39, 0.29) is 5.91 Å². The molecule has 0 bridgehead atoms. The SMILES string of the molecule is C=C(C)CN(C)C(=O)c1sccc1Br. The third-order valence-corrected chi connectivity index (χ3v) is 3.49. The van der Waals surface area contributed by atoms with Gasteiger partial charge in [-0.2, -0.15) is 0 Å². The predicted octanol–water partition coefficient (Wildman–Crippen LogP) is 3.16. The van der Waals surface area contributed by atoms with E-state index in [4.69, 9.17) is 0 Å². The van der Waals surface area contributed by atoms with E-state index in [0.29, 0.717) is 6.54 Å². The van der Waals surface area contributed by atoms with Crippen molar-refractivity contribution in [1.82, 2.24) is 4.90 Å². The molecule has 1 amide bonds. The first-order valence-corrected chi connectivity index (χ1v) is 5.82. The molecule has 0 N–H and O–H groups in total. The molecule has 0 aliphatic heterocycles.